The minimum atomic E-state index is -0.311. The Bertz CT molecular complexity index is 1710. The summed E-state index contributed by atoms with van der Waals surface area (Å²) in [4.78, 5) is 0. The molecule has 0 N–H and O–H groups in total. The van der Waals surface area contributed by atoms with Gasteiger partial charge in [-0.2, -0.15) is 35.9 Å². The van der Waals surface area contributed by atoms with Crippen LogP contribution in [0.1, 0.15) is 113 Å². The van der Waals surface area contributed by atoms with Crippen molar-refractivity contribution in [3.8, 4) is 22.3 Å². The van der Waals surface area contributed by atoms with E-state index in [1.165, 1.54) is 77.9 Å². The molecule has 0 aromatic heterocycles. The minimum Gasteiger partial charge on any atom is -0.180 e. The summed E-state index contributed by atoms with van der Waals surface area (Å²) < 4.78 is 0. The third-order valence-corrected chi connectivity index (χ3v) is 9.43. The van der Waals surface area contributed by atoms with Crippen molar-refractivity contribution in [2.45, 2.75) is 94.9 Å². The molecular formula is C44H52Y-2. The van der Waals surface area contributed by atoms with Gasteiger partial charge in [-0.1, -0.05) is 130 Å². The summed E-state index contributed by atoms with van der Waals surface area (Å²) in [6.45, 7) is 9.10. The van der Waals surface area contributed by atoms with Gasteiger partial charge < -0.3 is 0 Å². The zero-order valence-corrected chi connectivity index (χ0v) is 27.5. The number of hydrogen-bond donors (Lipinski definition) is 0. The van der Waals surface area contributed by atoms with E-state index in [9.17, 15) is 0 Å². The van der Waals surface area contributed by atoms with Crippen molar-refractivity contribution in [1.82, 2.24) is 0 Å². The van der Waals surface area contributed by atoms with E-state index in [0.29, 0.717) is 0 Å². The first-order valence-corrected chi connectivity index (χ1v) is 15.1. The first-order chi connectivity index (χ1) is 19.6. The van der Waals surface area contributed by atoms with Crippen LogP contribution in [-0.4, -0.2) is 0 Å². The van der Waals surface area contributed by atoms with Crippen molar-refractivity contribution in [1.29, 1.82) is 0 Å². The standard InChI is InChI=1S/C40H36.4CH4.Y/c1-5-26-14-17-32-33-18-15-27(6-2)22-37(33)40(36(32)21-26)38-23-28(7-3)16-19-34(38)35-24-31(30(8-4)25-39(35)40)20-29-12-10-9-11-13-29;;;;;/h9-12,14-19,21-23,25H,5-8,20H2,1-4H3;4*1H4;/q-2;;;;;. The molecule has 2 aliphatic carbocycles. The number of fused-ring (bicyclic) bond motifs is 10. The molecule has 2 aliphatic rings. The maximum Gasteiger partial charge on any atom is 0.0299 e. The normalized spacial score (nSPS) is 12.2. The van der Waals surface area contributed by atoms with Gasteiger partial charge in [0, 0.05) is 38.1 Å². The van der Waals surface area contributed by atoms with Gasteiger partial charge in [-0.15, -0.1) is 34.4 Å². The van der Waals surface area contributed by atoms with E-state index in [4.69, 9.17) is 0 Å². The van der Waals surface area contributed by atoms with Gasteiger partial charge >= 0.3 is 0 Å². The molecule has 0 fully saturated rings. The summed E-state index contributed by atoms with van der Waals surface area (Å²) >= 11 is 0. The predicted octanol–water partition coefficient (Wildman–Crippen LogP) is 12.0. The summed E-state index contributed by atoms with van der Waals surface area (Å²) in [7, 11) is 0. The van der Waals surface area contributed by atoms with E-state index in [1.54, 1.807) is 0 Å². The van der Waals surface area contributed by atoms with Crippen molar-refractivity contribution >= 4 is 0 Å². The Kier molecular flexibility index (Phi) is 13.0. The van der Waals surface area contributed by atoms with Crippen molar-refractivity contribution in [2.24, 2.45) is 0 Å². The molecule has 45 heavy (non-hydrogen) atoms. The Balaban J connectivity index is 0.00000141. The van der Waals surface area contributed by atoms with Crippen LogP contribution in [0.15, 0.2) is 84.9 Å². The predicted molar refractivity (Wildman–Crippen MR) is 194 cm³/mol. The molecule has 5 aromatic carbocycles. The van der Waals surface area contributed by atoms with E-state index in [-0.39, 0.29) is 67.8 Å². The number of hydrogen-bond acceptors (Lipinski definition) is 0. The molecule has 0 saturated carbocycles. The molecule has 0 amide bonds. The Morgan fingerprint density at radius 1 is 0.556 bits per heavy atom. The second kappa shape index (κ2) is 15.2. The van der Waals surface area contributed by atoms with Crippen molar-refractivity contribution in [3.63, 3.8) is 0 Å². The zero-order valence-electron chi connectivity index (χ0n) is 24.7. The molecule has 1 radical (unpaired) electrons. The van der Waals surface area contributed by atoms with Crippen molar-refractivity contribution in [3.05, 3.63) is 153 Å². The van der Waals surface area contributed by atoms with Crippen molar-refractivity contribution < 1.29 is 32.7 Å². The molecule has 1 spiro atoms. The van der Waals surface area contributed by atoms with E-state index >= 15 is 0 Å². The summed E-state index contributed by atoms with van der Waals surface area (Å²) in [6.07, 6.45) is 4.95. The van der Waals surface area contributed by atoms with Crippen LogP contribution < -0.4 is 0 Å². The Morgan fingerprint density at radius 3 is 1.53 bits per heavy atom. The van der Waals surface area contributed by atoms with Gasteiger partial charge in [0.1, 0.15) is 0 Å². The summed E-state index contributed by atoms with van der Waals surface area (Å²) in [5, 5.41) is 0. The van der Waals surface area contributed by atoms with E-state index < -0.39 is 0 Å². The van der Waals surface area contributed by atoms with Gasteiger partial charge in [-0.05, 0) is 64.6 Å². The first-order valence-electron chi connectivity index (χ1n) is 15.1. The molecule has 5 aromatic rings. The molecule has 0 unspecified atom stereocenters. The van der Waals surface area contributed by atoms with Crippen LogP contribution in [0, 0.1) is 12.1 Å². The molecular weight excluding hydrogens is 617 g/mol. The van der Waals surface area contributed by atoms with Crippen LogP contribution in [0.4, 0.5) is 0 Å². The molecule has 0 bridgehead atoms. The Labute approximate surface area is 300 Å². The molecule has 0 saturated heterocycles. The largest absolute Gasteiger partial charge is 0.180 e. The molecule has 0 atom stereocenters. The monoisotopic (exact) mass is 669 g/mol. The summed E-state index contributed by atoms with van der Waals surface area (Å²) in [5.74, 6) is 0. The smallest absolute Gasteiger partial charge is 0.0299 e. The maximum absolute atomic E-state index is 4.04. The van der Waals surface area contributed by atoms with Gasteiger partial charge in [-0.3, -0.25) is 0 Å². The molecule has 7 rings (SSSR count). The summed E-state index contributed by atoms with van der Waals surface area (Å²) in [6, 6.07) is 40.1. The van der Waals surface area contributed by atoms with Crippen LogP contribution in [0.3, 0.4) is 0 Å². The van der Waals surface area contributed by atoms with Crippen LogP contribution >= 0.6 is 0 Å². The van der Waals surface area contributed by atoms with E-state index in [2.05, 4.69) is 113 Å². The first kappa shape index (κ1) is 38.4. The average Bonchev–Trinajstić information content (AvgIpc) is 3.46. The number of benzene rings is 5. The molecule has 0 aliphatic heterocycles. The van der Waals surface area contributed by atoms with Crippen LogP contribution in [0.25, 0.3) is 22.3 Å². The van der Waals surface area contributed by atoms with Crippen LogP contribution in [0.2, 0.25) is 0 Å². The second-order valence-corrected chi connectivity index (χ2v) is 11.4. The number of rotatable bonds is 6. The average molecular weight is 670 g/mol. The van der Waals surface area contributed by atoms with Crippen molar-refractivity contribution in [2.75, 3.05) is 0 Å². The number of aryl methyl sites for hydroxylation is 4. The third-order valence-electron chi connectivity index (χ3n) is 9.43. The fourth-order valence-corrected chi connectivity index (χ4v) is 7.27. The minimum absolute atomic E-state index is 0. The van der Waals surface area contributed by atoms with Crippen LogP contribution in [-0.2, 0) is 70.2 Å². The Morgan fingerprint density at radius 2 is 1.07 bits per heavy atom. The zero-order chi connectivity index (χ0) is 27.4. The SMILES string of the molecule is C.C.C.C.CCc1ccc2c(c1)C1(c3cc(CC)c(Cc4[c-]cccc4)[c-]c3-2)c2cc(CC)ccc2-c2ccc(CC)cc21.[Y]. The maximum atomic E-state index is 4.04. The van der Waals surface area contributed by atoms with Gasteiger partial charge in [0.25, 0.3) is 0 Å². The van der Waals surface area contributed by atoms with E-state index in [1.807, 2.05) is 12.1 Å². The molecule has 0 heterocycles. The summed E-state index contributed by atoms with van der Waals surface area (Å²) in [5.41, 5.74) is 18.9. The molecule has 0 nitrogen and oxygen atoms in total. The Hall–Kier alpha value is -2.80. The van der Waals surface area contributed by atoms with Gasteiger partial charge in [0.2, 0.25) is 0 Å². The van der Waals surface area contributed by atoms with E-state index in [0.717, 1.165) is 32.1 Å². The fraction of sp³-hybridized carbons (Fsp3) is 0.318. The third kappa shape index (κ3) is 5.83. The topological polar surface area (TPSA) is 0 Å². The fourth-order valence-electron chi connectivity index (χ4n) is 7.27. The second-order valence-electron chi connectivity index (χ2n) is 11.4. The van der Waals surface area contributed by atoms with Gasteiger partial charge in [-0.25, -0.2) is 0 Å². The quantitative estimate of drug-likeness (QED) is 0.155. The van der Waals surface area contributed by atoms with Gasteiger partial charge in [0.15, 0.2) is 0 Å². The van der Waals surface area contributed by atoms with Gasteiger partial charge in [0.05, 0.1) is 0 Å². The molecule has 233 valence electrons. The van der Waals surface area contributed by atoms with Crippen LogP contribution in [0.5, 0.6) is 0 Å². The molecule has 1 heteroatoms.